The molecule has 31 heavy (non-hydrogen) atoms. The second-order valence-electron chi connectivity index (χ2n) is 6.95. The van der Waals surface area contributed by atoms with Crippen molar-refractivity contribution in [2.24, 2.45) is 5.73 Å². The normalized spacial score (nSPS) is 13.2. The molecule has 0 saturated heterocycles. The van der Waals surface area contributed by atoms with E-state index < -0.39 is 47.4 Å². The van der Waals surface area contributed by atoms with Crippen molar-refractivity contribution in [3.63, 3.8) is 0 Å². The number of primary amides is 1. The molecule has 3 amide bonds. The van der Waals surface area contributed by atoms with Crippen LogP contribution in [0.25, 0.3) is 0 Å². The minimum atomic E-state index is -4.57. The maximum absolute atomic E-state index is 13.4. The molecule has 0 aromatic heterocycles. The van der Waals surface area contributed by atoms with E-state index in [2.05, 4.69) is 10.6 Å². The van der Waals surface area contributed by atoms with E-state index in [1.54, 1.807) is 6.07 Å². The van der Waals surface area contributed by atoms with Gasteiger partial charge in [-0.25, -0.2) is 4.39 Å². The van der Waals surface area contributed by atoms with Crippen molar-refractivity contribution in [1.29, 1.82) is 0 Å². The highest BCUT2D eigenvalue weighted by atomic mass is 19.4. The Morgan fingerprint density at radius 1 is 0.935 bits per heavy atom. The number of hydrogen-bond acceptors (Lipinski definition) is 3. The Morgan fingerprint density at radius 3 is 2.06 bits per heavy atom. The number of carbonyl (C=O) groups excluding carboxylic acids is 3. The first-order valence-electron chi connectivity index (χ1n) is 9.23. The average Bonchev–Trinajstić information content (AvgIpc) is 2.66. The van der Waals surface area contributed by atoms with E-state index >= 15 is 0 Å². The lowest BCUT2D eigenvalue weighted by Gasteiger charge is -2.22. The van der Waals surface area contributed by atoms with Gasteiger partial charge in [0.05, 0.1) is 5.56 Å². The van der Waals surface area contributed by atoms with Crippen molar-refractivity contribution in [2.75, 3.05) is 0 Å². The van der Waals surface area contributed by atoms with Crippen LogP contribution >= 0.6 is 0 Å². The summed E-state index contributed by atoms with van der Waals surface area (Å²) in [7, 11) is 0. The maximum Gasteiger partial charge on any atom is 0.416 e. The standard InChI is InChI=1S/C21H21F4N3O3/c1-12(29)27-18(11-14-5-3-7-16(22)9-14)20(31)28-17(19(26)30)10-13-4-2-6-15(8-13)21(23,24)25/h2-9,17-18H,10-11H2,1H3,(H2,26,30)(H,27,29)(H,28,31)/t17-,18-/m1/s1. The smallest absolute Gasteiger partial charge is 0.368 e. The third-order valence-electron chi connectivity index (χ3n) is 4.38. The molecule has 10 heteroatoms. The molecule has 0 aliphatic heterocycles. The first-order chi connectivity index (χ1) is 14.5. The van der Waals surface area contributed by atoms with Gasteiger partial charge in [-0.2, -0.15) is 13.2 Å². The number of amides is 3. The van der Waals surface area contributed by atoms with Crippen LogP contribution in [0.2, 0.25) is 0 Å². The molecule has 0 spiro atoms. The Kier molecular flexibility index (Phi) is 7.73. The summed E-state index contributed by atoms with van der Waals surface area (Å²) >= 11 is 0. The molecule has 2 rings (SSSR count). The number of rotatable bonds is 8. The van der Waals surface area contributed by atoms with Crippen LogP contribution in [0.15, 0.2) is 48.5 Å². The molecule has 2 aromatic carbocycles. The minimum Gasteiger partial charge on any atom is -0.368 e. The van der Waals surface area contributed by atoms with Gasteiger partial charge in [-0.15, -0.1) is 0 Å². The molecule has 0 bridgehead atoms. The lowest BCUT2D eigenvalue weighted by molar-refractivity contribution is -0.137. The summed E-state index contributed by atoms with van der Waals surface area (Å²) in [5.41, 5.74) is 4.97. The Labute approximate surface area is 175 Å². The fraction of sp³-hybridized carbons (Fsp3) is 0.286. The second kappa shape index (κ2) is 10.1. The molecule has 2 atom stereocenters. The third kappa shape index (κ3) is 7.40. The largest absolute Gasteiger partial charge is 0.416 e. The van der Waals surface area contributed by atoms with Crippen molar-refractivity contribution in [3.05, 3.63) is 71.0 Å². The van der Waals surface area contributed by atoms with Gasteiger partial charge in [-0.1, -0.05) is 30.3 Å². The van der Waals surface area contributed by atoms with Crippen molar-refractivity contribution in [1.82, 2.24) is 10.6 Å². The fourth-order valence-electron chi connectivity index (χ4n) is 2.96. The third-order valence-corrected chi connectivity index (χ3v) is 4.38. The summed E-state index contributed by atoms with van der Waals surface area (Å²) in [6, 6.07) is 7.23. The molecule has 166 valence electrons. The highest BCUT2D eigenvalue weighted by molar-refractivity contribution is 5.91. The predicted octanol–water partition coefficient (Wildman–Crippen LogP) is 2.10. The monoisotopic (exact) mass is 439 g/mol. The van der Waals surface area contributed by atoms with E-state index in [0.717, 1.165) is 12.1 Å². The minimum absolute atomic E-state index is 0.0712. The average molecular weight is 439 g/mol. The number of alkyl halides is 3. The Morgan fingerprint density at radius 2 is 1.52 bits per heavy atom. The van der Waals surface area contributed by atoms with Gasteiger partial charge in [0.25, 0.3) is 0 Å². The summed E-state index contributed by atoms with van der Waals surface area (Å²) in [5, 5.41) is 4.77. The molecule has 0 unspecified atom stereocenters. The predicted molar refractivity (Wildman–Crippen MR) is 104 cm³/mol. The van der Waals surface area contributed by atoms with Crippen LogP contribution in [0.5, 0.6) is 0 Å². The van der Waals surface area contributed by atoms with Gasteiger partial charge in [0.1, 0.15) is 17.9 Å². The maximum atomic E-state index is 13.4. The Balaban J connectivity index is 2.18. The first-order valence-corrected chi connectivity index (χ1v) is 9.23. The number of hydrogen-bond donors (Lipinski definition) is 3. The zero-order valence-electron chi connectivity index (χ0n) is 16.5. The van der Waals surface area contributed by atoms with E-state index in [0.29, 0.717) is 5.56 Å². The molecular formula is C21H21F4N3O3. The molecular weight excluding hydrogens is 418 g/mol. The van der Waals surface area contributed by atoms with Crippen LogP contribution in [-0.2, 0) is 33.4 Å². The Bertz CT molecular complexity index is 963. The van der Waals surface area contributed by atoms with Gasteiger partial charge in [0.15, 0.2) is 0 Å². The van der Waals surface area contributed by atoms with Crippen LogP contribution in [0.1, 0.15) is 23.6 Å². The molecule has 0 aliphatic carbocycles. The molecule has 0 saturated carbocycles. The van der Waals surface area contributed by atoms with Crippen LogP contribution in [0.3, 0.4) is 0 Å². The van der Waals surface area contributed by atoms with E-state index in [1.165, 1.54) is 37.3 Å². The van der Waals surface area contributed by atoms with Gasteiger partial charge in [0, 0.05) is 19.8 Å². The van der Waals surface area contributed by atoms with Crippen molar-refractivity contribution in [3.8, 4) is 0 Å². The van der Waals surface area contributed by atoms with Crippen LogP contribution < -0.4 is 16.4 Å². The first kappa shape index (κ1) is 23.8. The molecule has 0 fully saturated rings. The Hall–Kier alpha value is -3.43. The summed E-state index contributed by atoms with van der Waals surface area (Å²) < 4.78 is 52.2. The molecule has 0 aliphatic rings. The summed E-state index contributed by atoms with van der Waals surface area (Å²) in [6.45, 7) is 1.18. The molecule has 0 heterocycles. The number of nitrogens with two attached hydrogens (primary N) is 1. The van der Waals surface area contributed by atoms with Gasteiger partial charge in [0.2, 0.25) is 17.7 Å². The lowest BCUT2D eigenvalue weighted by Crippen LogP contribution is -2.54. The molecule has 0 radical (unpaired) electrons. The number of carbonyl (C=O) groups is 3. The lowest BCUT2D eigenvalue weighted by atomic mass is 10.0. The number of halogens is 4. The van der Waals surface area contributed by atoms with Crippen LogP contribution in [-0.4, -0.2) is 29.8 Å². The number of nitrogens with one attached hydrogen (secondary N) is 2. The van der Waals surface area contributed by atoms with Gasteiger partial charge < -0.3 is 16.4 Å². The van der Waals surface area contributed by atoms with Gasteiger partial charge >= 0.3 is 6.18 Å². The van der Waals surface area contributed by atoms with E-state index in [9.17, 15) is 31.9 Å². The van der Waals surface area contributed by atoms with Crippen molar-refractivity contribution in [2.45, 2.75) is 38.0 Å². The zero-order valence-corrected chi connectivity index (χ0v) is 16.5. The summed E-state index contributed by atoms with van der Waals surface area (Å²) in [6.07, 6.45) is -4.92. The topological polar surface area (TPSA) is 101 Å². The summed E-state index contributed by atoms with van der Waals surface area (Å²) in [5.74, 6) is -2.81. The fourth-order valence-corrected chi connectivity index (χ4v) is 2.96. The van der Waals surface area contributed by atoms with Crippen molar-refractivity contribution >= 4 is 17.7 Å². The van der Waals surface area contributed by atoms with Gasteiger partial charge in [-0.3, -0.25) is 14.4 Å². The van der Waals surface area contributed by atoms with Gasteiger partial charge in [-0.05, 0) is 29.3 Å². The summed E-state index contributed by atoms with van der Waals surface area (Å²) in [4.78, 5) is 36.0. The molecule has 6 nitrogen and oxygen atoms in total. The molecule has 4 N–H and O–H groups in total. The quantitative estimate of drug-likeness (QED) is 0.549. The molecule has 2 aromatic rings. The van der Waals surface area contributed by atoms with E-state index in [4.69, 9.17) is 5.73 Å². The second-order valence-corrected chi connectivity index (χ2v) is 6.95. The van der Waals surface area contributed by atoms with E-state index in [1.807, 2.05) is 0 Å². The number of benzene rings is 2. The highest BCUT2D eigenvalue weighted by Crippen LogP contribution is 2.29. The zero-order chi connectivity index (χ0) is 23.2. The van der Waals surface area contributed by atoms with Crippen molar-refractivity contribution < 1.29 is 31.9 Å². The highest BCUT2D eigenvalue weighted by Gasteiger charge is 2.31. The van der Waals surface area contributed by atoms with E-state index in [-0.39, 0.29) is 18.4 Å². The van der Waals surface area contributed by atoms with Crippen LogP contribution in [0, 0.1) is 5.82 Å². The SMILES string of the molecule is CC(=O)N[C@H](Cc1cccc(F)c1)C(=O)N[C@H](Cc1cccc(C(F)(F)F)c1)C(N)=O. The van der Waals surface area contributed by atoms with Crippen LogP contribution in [0.4, 0.5) is 17.6 Å².